The van der Waals surface area contributed by atoms with Crippen molar-refractivity contribution in [1.29, 1.82) is 0 Å². The molecule has 0 saturated heterocycles. The second-order valence-corrected chi connectivity index (χ2v) is 6.58. The molecule has 3 rings (SSSR count). The van der Waals surface area contributed by atoms with E-state index in [1.54, 1.807) is 22.7 Å². The first-order valence-corrected chi connectivity index (χ1v) is 6.79. The molecule has 0 aliphatic heterocycles. The van der Waals surface area contributed by atoms with Crippen LogP contribution >= 0.6 is 54.5 Å². The third kappa shape index (κ3) is 1.08. The Kier molecular flexibility index (Phi) is 1.84. The third-order valence-corrected chi connectivity index (χ3v) is 6.05. The molecule has 0 saturated carbocycles. The zero-order valence-electron chi connectivity index (χ0n) is 6.14. The predicted molar refractivity (Wildman–Crippen MR) is 64.9 cm³/mol. The van der Waals surface area contributed by atoms with Gasteiger partial charge in [0.05, 0.1) is 13.0 Å². The van der Waals surface area contributed by atoms with Crippen molar-refractivity contribution >= 4 is 75.1 Å². The highest BCUT2D eigenvalue weighted by Gasteiger charge is 2.15. The van der Waals surface area contributed by atoms with Crippen molar-refractivity contribution in [2.24, 2.45) is 0 Å². The molecule has 66 valence electrons. The molecule has 3 aromatic heterocycles. The minimum atomic E-state index is 0.957. The summed E-state index contributed by atoms with van der Waals surface area (Å²) in [6, 6.07) is 2.10. The molecule has 1 nitrogen and oxygen atoms in total. The highest BCUT2D eigenvalue weighted by atomic mass is 79.9. The lowest BCUT2D eigenvalue weighted by Crippen LogP contribution is -1.52. The van der Waals surface area contributed by atoms with Gasteiger partial charge in [0.15, 0.2) is 10.5 Å². The van der Waals surface area contributed by atoms with Crippen LogP contribution in [-0.4, -0.2) is 0 Å². The first-order chi connectivity index (χ1) is 6.27. The standard InChI is InChI=1S/C8H2Br2OS2/c9-4-5-6(13-7(4)10)3-1-2-12-8(3)11-5/h1-2H. The number of rotatable bonds is 0. The van der Waals surface area contributed by atoms with Gasteiger partial charge in [-0.15, -0.1) is 22.7 Å². The quantitative estimate of drug-likeness (QED) is 0.547. The molecule has 0 atom stereocenters. The Bertz CT molecular complexity index is 590. The summed E-state index contributed by atoms with van der Waals surface area (Å²) < 4.78 is 9.03. The van der Waals surface area contributed by atoms with Gasteiger partial charge in [0, 0.05) is 5.39 Å². The number of furan rings is 1. The molecule has 0 radical (unpaired) electrons. The molecule has 0 unspecified atom stereocenters. The van der Waals surface area contributed by atoms with E-state index >= 15 is 0 Å². The fourth-order valence-electron chi connectivity index (χ4n) is 1.27. The maximum absolute atomic E-state index is 5.70. The average molecular weight is 338 g/mol. The normalized spacial score (nSPS) is 11.8. The molecular weight excluding hydrogens is 336 g/mol. The second-order valence-electron chi connectivity index (χ2n) is 2.57. The lowest BCUT2D eigenvalue weighted by molar-refractivity contribution is 0.676. The summed E-state index contributed by atoms with van der Waals surface area (Å²) in [5, 5.41) is 3.27. The maximum Gasteiger partial charge on any atom is 0.189 e. The van der Waals surface area contributed by atoms with Gasteiger partial charge in [-0.05, 0) is 43.3 Å². The van der Waals surface area contributed by atoms with Crippen molar-refractivity contribution < 1.29 is 4.42 Å². The van der Waals surface area contributed by atoms with Crippen LogP contribution in [0.15, 0.2) is 24.1 Å². The maximum atomic E-state index is 5.70. The monoisotopic (exact) mass is 336 g/mol. The minimum absolute atomic E-state index is 0.957. The summed E-state index contributed by atoms with van der Waals surface area (Å²) in [6.07, 6.45) is 0. The highest BCUT2D eigenvalue weighted by Crippen LogP contribution is 2.45. The Morgan fingerprint density at radius 1 is 1.31 bits per heavy atom. The van der Waals surface area contributed by atoms with Crippen LogP contribution in [0.5, 0.6) is 0 Å². The first-order valence-electron chi connectivity index (χ1n) is 3.51. The van der Waals surface area contributed by atoms with Crippen molar-refractivity contribution in [3.8, 4) is 0 Å². The van der Waals surface area contributed by atoms with Crippen LogP contribution in [0.3, 0.4) is 0 Å². The van der Waals surface area contributed by atoms with Gasteiger partial charge in [-0.2, -0.15) is 0 Å². The van der Waals surface area contributed by atoms with E-state index in [4.69, 9.17) is 4.42 Å². The van der Waals surface area contributed by atoms with Gasteiger partial charge in [-0.1, -0.05) is 0 Å². The molecule has 0 aromatic carbocycles. The van der Waals surface area contributed by atoms with Crippen molar-refractivity contribution in [1.82, 2.24) is 0 Å². The van der Waals surface area contributed by atoms with Gasteiger partial charge < -0.3 is 4.42 Å². The van der Waals surface area contributed by atoms with Crippen LogP contribution in [-0.2, 0) is 0 Å². The SMILES string of the molecule is Brc1sc2c(oc3sccc32)c1Br. The van der Waals surface area contributed by atoms with Gasteiger partial charge in [-0.3, -0.25) is 0 Å². The highest BCUT2D eigenvalue weighted by molar-refractivity contribution is 9.13. The molecule has 0 bridgehead atoms. The van der Waals surface area contributed by atoms with E-state index in [9.17, 15) is 0 Å². The van der Waals surface area contributed by atoms with E-state index in [-0.39, 0.29) is 0 Å². The van der Waals surface area contributed by atoms with E-state index < -0.39 is 0 Å². The second kappa shape index (κ2) is 2.82. The van der Waals surface area contributed by atoms with Crippen LogP contribution in [0.2, 0.25) is 0 Å². The van der Waals surface area contributed by atoms with Crippen molar-refractivity contribution in [2.75, 3.05) is 0 Å². The lowest BCUT2D eigenvalue weighted by Gasteiger charge is -1.80. The summed E-state index contributed by atoms with van der Waals surface area (Å²) in [5.74, 6) is 0. The molecule has 3 heterocycles. The largest absolute Gasteiger partial charge is 0.443 e. The fourth-order valence-corrected chi connectivity index (χ4v) is 4.28. The molecule has 0 aliphatic carbocycles. The zero-order valence-corrected chi connectivity index (χ0v) is 10.9. The average Bonchev–Trinajstić information content (AvgIpc) is 2.70. The first kappa shape index (κ1) is 8.47. The summed E-state index contributed by atoms with van der Waals surface area (Å²) in [4.78, 5) is 1.01. The van der Waals surface area contributed by atoms with Gasteiger partial charge in [0.25, 0.3) is 0 Å². The van der Waals surface area contributed by atoms with E-state index in [1.807, 2.05) is 0 Å². The minimum Gasteiger partial charge on any atom is -0.443 e. The molecule has 0 aliphatic rings. The van der Waals surface area contributed by atoms with E-state index in [1.165, 1.54) is 10.1 Å². The molecule has 0 spiro atoms. The lowest BCUT2D eigenvalue weighted by atomic mass is 10.4. The van der Waals surface area contributed by atoms with Gasteiger partial charge >= 0.3 is 0 Å². The summed E-state index contributed by atoms with van der Waals surface area (Å²) in [6.45, 7) is 0. The van der Waals surface area contributed by atoms with Crippen LogP contribution in [0.4, 0.5) is 0 Å². The van der Waals surface area contributed by atoms with Gasteiger partial charge in [-0.25, -0.2) is 0 Å². The predicted octanol–water partition coefficient (Wildman–Crippen LogP) is 5.23. The fraction of sp³-hybridized carbons (Fsp3) is 0. The Labute approximate surface area is 98.6 Å². The topological polar surface area (TPSA) is 13.1 Å². The van der Waals surface area contributed by atoms with E-state index in [0.29, 0.717) is 0 Å². The van der Waals surface area contributed by atoms with Crippen LogP contribution in [0.25, 0.3) is 20.6 Å². The van der Waals surface area contributed by atoms with Gasteiger partial charge in [0.1, 0.15) is 0 Å². The number of thiophene rings is 2. The Balaban J connectivity index is 2.63. The van der Waals surface area contributed by atoms with Crippen LogP contribution < -0.4 is 0 Å². The Morgan fingerprint density at radius 3 is 3.00 bits per heavy atom. The van der Waals surface area contributed by atoms with E-state index in [2.05, 4.69) is 43.3 Å². The Hall–Kier alpha value is 0.160. The summed E-state index contributed by atoms with van der Waals surface area (Å²) >= 11 is 10.3. The smallest absolute Gasteiger partial charge is 0.189 e. The molecule has 5 heteroatoms. The molecule has 13 heavy (non-hydrogen) atoms. The number of halogens is 2. The van der Waals surface area contributed by atoms with Crippen molar-refractivity contribution in [3.63, 3.8) is 0 Å². The van der Waals surface area contributed by atoms with Crippen LogP contribution in [0.1, 0.15) is 0 Å². The molecule has 3 aromatic rings. The molecule has 0 amide bonds. The summed E-state index contributed by atoms with van der Waals surface area (Å²) in [7, 11) is 0. The molecular formula is C8H2Br2OS2. The van der Waals surface area contributed by atoms with Crippen molar-refractivity contribution in [2.45, 2.75) is 0 Å². The van der Waals surface area contributed by atoms with Gasteiger partial charge in [0.2, 0.25) is 0 Å². The third-order valence-electron chi connectivity index (χ3n) is 1.84. The van der Waals surface area contributed by atoms with Crippen molar-refractivity contribution in [3.05, 3.63) is 19.7 Å². The van der Waals surface area contributed by atoms with E-state index in [0.717, 1.165) is 18.7 Å². The zero-order chi connectivity index (χ0) is 9.00. The molecule has 0 N–H and O–H groups in total. The number of fused-ring (bicyclic) bond motifs is 3. The summed E-state index contributed by atoms with van der Waals surface area (Å²) in [5.41, 5.74) is 0.957. The number of hydrogen-bond acceptors (Lipinski definition) is 3. The Morgan fingerprint density at radius 2 is 2.15 bits per heavy atom. The molecule has 0 fully saturated rings. The number of hydrogen-bond donors (Lipinski definition) is 0. The van der Waals surface area contributed by atoms with Crippen LogP contribution in [0, 0.1) is 0 Å².